The predicted molar refractivity (Wildman–Crippen MR) is 104 cm³/mol. The van der Waals surface area contributed by atoms with Crippen LogP contribution in [-0.4, -0.2) is 81.8 Å². The minimum absolute atomic E-state index is 0.0850. The first-order chi connectivity index (χ1) is 13.9. The Morgan fingerprint density at radius 3 is 2.55 bits per heavy atom. The second-order valence-corrected chi connectivity index (χ2v) is 9.36. The van der Waals surface area contributed by atoms with Gasteiger partial charge in [0.2, 0.25) is 15.9 Å². The fourth-order valence-corrected chi connectivity index (χ4v) is 5.25. The Morgan fingerprint density at radius 1 is 1.17 bits per heavy atom. The zero-order chi connectivity index (χ0) is 20.9. The van der Waals surface area contributed by atoms with Crippen LogP contribution in [0.25, 0.3) is 0 Å². The Balaban J connectivity index is 1.38. The van der Waals surface area contributed by atoms with Crippen molar-refractivity contribution in [1.82, 2.24) is 14.5 Å². The Kier molecular flexibility index (Phi) is 7.20. The fourth-order valence-electron chi connectivity index (χ4n) is 3.74. The van der Waals surface area contributed by atoms with Gasteiger partial charge in [0, 0.05) is 26.1 Å². The van der Waals surface area contributed by atoms with Crippen molar-refractivity contribution < 1.29 is 27.3 Å². The molecular formula is C19H28FN4O4S+. The first kappa shape index (κ1) is 21.7. The molecule has 1 aromatic rings. The van der Waals surface area contributed by atoms with E-state index in [0.717, 1.165) is 30.4 Å². The maximum absolute atomic E-state index is 13.9. The molecule has 2 aliphatic heterocycles. The van der Waals surface area contributed by atoms with E-state index in [1.165, 1.54) is 22.5 Å². The van der Waals surface area contributed by atoms with Crippen LogP contribution in [0.4, 0.5) is 4.39 Å². The molecule has 2 heterocycles. The van der Waals surface area contributed by atoms with Crippen LogP contribution in [0.15, 0.2) is 29.2 Å². The topological polar surface area (TPSA) is 91.2 Å². The molecule has 0 saturated carbocycles. The third kappa shape index (κ3) is 5.52. The zero-order valence-corrected chi connectivity index (χ0v) is 17.2. The number of hydrogen-bond acceptors (Lipinski definition) is 4. The minimum atomic E-state index is -3.86. The van der Waals surface area contributed by atoms with Gasteiger partial charge in [-0.15, -0.1) is 0 Å². The van der Waals surface area contributed by atoms with Gasteiger partial charge in [0.15, 0.2) is 6.54 Å². The summed E-state index contributed by atoms with van der Waals surface area (Å²) in [4.78, 5) is 26.2. The largest absolute Gasteiger partial charge is 0.351 e. The Morgan fingerprint density at radius 2 is 1.90 bits per heavy atom. The third-order valence-electron chi connectivity index (χ3n) is 5.39. The van der Waals surface area contributed by atoms with Crippen LogP contribution in [0.2, 0.25) is 0 Å². The molecular weight excluding hydrogens is 399 g/mol. The van der Waals surface area contributed by atoms with E-state index in [0.29, 0.717) is 32.6 Å². The van der Waals surface area contributed by atoms with Gasteiger partial charge in [-0.25, -0.2) is 12.8 Å². The lowest BCUT2D eigenvalue weighted by molar-refractivity contribution is -0.895. The Bertz CT molecular complexity index is 840. The smallest absolute Gasteiger partial charge is 0.275 e. The molecule has 2 saturated heterocycles. The lowest BCUT2D eigenvalue weighted by Crippen LogP contribution is -3.15. The standard InChI is InChI=1S/C19H27FN4O4S/c20-16-5-1-2-6-17(16)29(27,28)24-13-11-22(12-14-24)15-18(25)21-8-4-10-23-9-3-7-19(23)26/h1-2,5-6H,3-4,7-15H2,(H,21,25)/p+1. The molecule has 0 atom stereocenters. The number of halogens is 1. The highest BCUT2D eigenvalue weighted by molar-refractivity contribution is 7.89. The molecule has 10 heteroatoms. The summed E-state index contributed by atoms with van der Waals surface area (Å²) in [6.45, 7) is 3.73. The van der Waals surface area contributed by atoms with E-state index in [2.05, 4.69) is 5.32 Å². The van der Waals surface area contributed by atoms with E-state index in [-0.39, 0.29) is 36.3 Å². The molecule has 0 unspecified atom stereocenters. The van der Waals surface area contributed by atoms with Gasteiger partial charge < -0.3 is 15.1 Å². The second-order valence-electron chi connectivity index (χ2n) is 7.45. The highest BCUT2D eigenvalue weighted by Crippen LogP contribution is 2.18. The van der Waals surface area contributed by atoms with Gasteiger partial charge in [0.25, 0.3) is 5.91 Å². The summed E-state index contributed by atoms with van der Waals surface area (Å²) >= 11 is 0. The van der Waals surface area contributed by atoms with E-state index < -0.39 is 15.8 Å². The molecule has 0 aromatic heterocycles. The summed E-state index contributed by atoms with van der Waals surface area (Å²) in [5.74, 6) is -0.653. The average molecular weight is 428 g/mol. The quantitative estimate of drug-likeness (QED) is 0.513. The lowest BCUT2D eigenvalue weighted by atomic mass is 10.3. The van der Waals surface area contributed by atoms with Crippen LogP contribution < -0.4 is 10.2 Å². The van der Waals surface area contributed by atoms with Gasteiger partial charge in [0.1, 0.15) is 10.7 Å². The number of likely N-dealkylation sites (tertiary alicyclic amines) is 1. The molecule has 0 aliphatic carbocycles. The van der Waals surface area contributed by atoms with E-state index in [1.807, 2.05) is 4.90 Å². The molecule has 8 nitrogen and oxygen atoms in total. The van der Waals surface area contributed by atoms with Crippen molar-refractivity contribution in [2.75, 3.05) is 52.4 Å². The van der Waals surface area contributed by atoms with Crippen molar-refractivity contribution >= 4 is 21.8 Å². The Labute approximate surface area is 170 Å². The number of piperazine rings is 1. The first-order valence-corrected chi connectivity index (χ1v) is 11.4. The molecule has 2 aliphatic rings. The van der Waals surface area contributed by atoms with Crippen molar-refractivity contribution in [1.29, 1.82) is 0 Å². The van der Waals surface area contributed by atoms with Gasteiger partial charge in [-0.2, -0.15) is 4.31 Å². The average Bonchev–Trinajstić information content (AvgIpc) is 3.11. The normalized spacial score (nSPS) is 18.9. The molecule has 29 heavy (non-hydrogen) atoms. The number of sulfonamides is 1. The number of rotatable bonds is 8. The molecule has 1 aromatic carbocycles. The molecule has 0 bridgehead atoms. The molecule has 0 radical (unpaired) electrons. The summed E-state index contributed by atoms with van der Waals surface area (Å²) < 4.78 is 40.4. The van der Waals surface area contributed by atoms with Crippen molar-refractivity contribution in [3.05, 3.63) is 30.1 Å². The maximum Gasteiger partial charge on any atom is 0.275 e. The molecule has 0 spiro atoms. The van der Waals surface area contributed by atoms with Crippen LogP contribution >= 0.6 is 0 Å². The number of nitrogens with zero attached hydrogens (tertiary/aromatic N) is 2. The van der Waals surface area contributed by atoms with Gasteiger partial charge in [-0.05, 0) is 25.0 Å². The molecule has 160 valence electrons. The number of amides is 2. The fraction of sp³-hybridized carbons (Fsp3) is 0.579. The summed E-state index contributed by atoms with van der Waals surface area (Å²) in [6, 6.07) is 5.37. The van der Waals surface area contributed by atoms with Gasteiger partial charge in [-0.3, -0.25) is 9.59 Å². The monoisotopic (exact) mass is 427 g/mol. The van der Waals surface area contributed by atoms with Crippen LogP contribution in [0.1, 0.15) is 19.3 Å². The van der Waals surface area contributed by atoms with Crippen LogP contribution in [0.5, 0.6) is 0 Å². The van der Waals surface area contributed by atoms with Crippen molar-refractivity contribution in [3.63, 3.8) is 0 Å². The third-order valence-corrected chi connectivity index (χ3v) is 7.32. The summed E-state index contributed by atoms with van der Waals surface area (Å²) in [5, 5.41) is 2.86. The minimum Gasteiger partial charge on any atom is -0.351 e. The number of nitrogens with one attached hydrogen (secondary N) is 2. The molecule has 2 fully saturated rings. The molecule has 2 amide bonds. The first-order valence-electron chi connectivity index (χ1n) is 10.0. The van der Waals surface area contributed by atoms with Gasteiger partial charge in [-0.1, -0.05) is 12.1 Å². The molecule has 2 N–H and O–H groups in total. The van der Waals surface area contributed by atoms with Crippen molar-refractivity contribution in [3.8, 4) is 0 Å². The maximum atomic E-state index is 13.9. The van der Waals surface area contributed by atoms with E-state index in [1.54, 1.807) is 0 Å². The summed E-state index contributed by atoms with van der Waals surface area (Å²) in [6.07, 6.45) is 2.25. The Hall–Kier alpha value is -2.04. The highest BCUT2D eigenvalue weighted by Gasteiger charge is 2.32. The van der Waals surface area contributed by atoms with E-state index in [4.69, 9.17) is 0 Å². The van der Waals surface area contributed by atoms with Gasteiger partial charge in [0.05, 0.1) is 26.2 Å². The lowest BCUT2D eigenvalue weighted by Gasteiger charge is -2.31. The predicted octanol–water partition coefficient (Wildman–Crippen LogP) is -1.16. The zero-order valence-electron chi connectivity index (χ0n) is 16.4. The van der Waals surface area contributed by atoms with Crippen LogP contribution in [0.3, 0.4) is 0 Å². The molecule has 3 rings (SSSR count). The SMILES string of the molecule is O=C(C[NH+]1CCN(S(=O)(=O)c2ccccc2F)CC1)NCCCN1CCCC1=O. The summed E-state index contributed by atoms with van der Waals surface area (Å²) in [5.41, 5.74) is 0. The van der Waals surface area contributed by atoms with E-state index >= 15 is 0 Å². The highest BCUT2D eigenvalue weighted by atomic mass is 32.2. The second kappa shape index (κ2) is 9.64. The number of quaternary nitrogens is 1. The number of carbonyl (C=O) groups excluding carboxylic acids is 2. The van der Waals surface area contributed by atoms with Gasteiger partial charge >= 0.3 is 0 Å². The number of carbonyl (C=O) groups is 2. The number of hydrogen-bond donors (Lipinski definition) is 2. The van der Waals surface area contributed by atoms with Crippen molar-refractivity contribution in [2.45, 2.75) is 24.2 Å². The van der Waals surface area contributed by atoms with Crippen molar-refractivity contribution in [2.24, 2.45) is 0 Å². The van der Waals surface area contributed by atoms with Crippen LogP contribution in [-0.2, 0) is 19.6 Å². The number of benzene rings is 1. The van der Waals surface area contributed by atoms with Crippen LogP contribution in [0, 0.1) is 5.82 Å². The van der Waals surface area contributed by atoms with E-state index in [9.17, 15) is 22.4 Å². The summed E-state index contributed by atoms with van der Waals surface area (Å²) in [7, 11) is -3.86.